The number of rotatable bonds is 1. The van der Waals surface area contributed by atoms with Crippen molar-refractivity contribution in [1.29, 1.82) is 0 Å². The second kappa shape index (κ2) is 4.46. The fourth-order valence-electron chi connectivity index (χ4n) is 1.59. The van der Waals surface area contributed by atoms with Gasteiger partial charge in [0.2, 0.25) is 0 Å². The number of hydrogen-bond acceptors (Lipinski definition) is 3. The summed E-state index contributed by atoms with van der Waals surface area (Å²) < 4.78 is 0. The lowest BCUT2D eigenvalue weighted by Crippen LogP contribution is -2.29. The lowest BCUT2D eigenvalue weighted by molar-refractivity contribution is 0.0694. The Morgan fingerprint density at radius 2 is 2.20 bits per heavy atom. The van der Waals surface area contributed by atoms with Gasteiger partial charge in [0.05, 0.1) is 0 Å². The highest BCUT2D eigenvalue weighted by Crippen LogP contribution is 2.10. The van der Waals surface area contributed by atoms with Crippen LogP contribution in [-0.4, -0.2) is 22.6 Å². The zero-order valence-corrected chi connectivity index (χ0v) is 8.69. The molecule has 0 saturated heterocycles. The average molecular weight is 231 g/mol. The first-order valence-electron chi connectivity index (χ1n) is 4.37. The molecule has 0 unspecified atom stereocenters. The van der Waals surface area contributed by atoms with Crippen LogP contribution in [-0.2, 0) is 13.0 Å². The fraction of sp³-hybridized carbons (Fsp3) is 0.333. The van der Waals surface area contributed by atoms with Crippen LogP contribution in [0.15, 0.2) is 10.9 Å². The van der Waals surface area contributed by atoms with E-state index < -0.39 is 11.5 Å². The zero-order chi connectivity index (χ0) is 10.1. The van der Waals surface area contributed by atoms with Gasteiger partial charge in [0, 0.05) is 25.2 Å². The van der Waals surface area contributed by atoms with Crippen LogP contribution in [0.5, 0.6) is 0 Å². The van der Waals surface area contributed by atoms with Gasteiger partial charge in [-0.3, -0.25) is 4.79 Å². The predicted octanol–water partition coefficient (Wildman–Crippen LogP) is 0.141. The Morgan fingerprint density at radius 3 is 2.87 bits per heavy atom. The number of aromatic carboxylic acids is 1. The van der Waals surface area contributed by atoms with E-state index in [4.69, 9.17) is 5.11 Å². The van der Waals surface area contributed by atoms with E-state index in [0.717, 1.165) is 24.2 Å². The van der Waals surface area contributed by atoms with Gasteiger partial charge in [-0.15, -0.1) is 12.4 Å². The maximum atomic E-state index is 11.3. The maximum Gasteiger partial charge on any atom is 0.341 e. The third-order valence-corrected chi connectivity index (χ3v) is 2.31. The van der Waals surface area contributed by atoms with Crippen molar-refractivity contribution in [2.75, 3.05) is 6.54 Å². The van der Waals surface area contributed by atoms with Gasteiger partial charge >= 0.3 is 5.97 Å². The Labute approximate surface area is 91.9 Å². The predicted molar refractivity (Wildman–Crippen MR) is 56.7 cm³/mol. The molecule has 1 aliphatic heterocycles. The molecule has 0 radical (unpaired) electrons. The molecule has 15 heavy (non-hydrogen) atoms. The van der Waals surface area contributed by atoms with Crippen molar-refractivity contribution >= 4 is 18.4 Å². The molecule has 0 bridgehead atoms. The molecule has 1 aliphatic rings. The van der Waals surface area contributed by atoms with E-state index in [9.17, 15) is 9.59 Å². The number of carboxylic acid groups (broad SMARTS) is 1. The summed E-state index contributed by atoms with van der Waals surface area (Å²) in [5, 5.41) is 11.8. The molecule has 6 heteroatoms. The summed E-state index contributed by atoms with van der Waals surface area (Å²) in [5.74, 6) is -1.18. The lowest BCUT2D eigenvalue weighted by atomic mass is 10.1. The molecule has 0 aliphatic carbocycles. The highest BCUT2D eigenvalue weighted by molar-refractivity contribution is 5.87. The summed E-state index contributed by atoms with van der Waals surface area (Å²) in [6, 6.07) is 1.45. The van der Waals surface area contributed by atoms with Crippen molar-refractivity contribution in [3.8, 4) is 0 Å². The van der Waals surface area contributed by atoms with Gasteiger partial charge in [-0.25, -0.2) is 4.79 Å². The van der Waals surface area contributed by atoms with Crippen LogP contribution in [0.25, 0.3) is 0 Å². The number of pyridine rings is 1. The van der Waals surface area contributed by atoms with E-state index in [1.807, 2.05) is 0 Å². The summed E-state index contributed by atoms with van der Waals surface area (Å²) in [6.45, 7) is 1.43. The van der Waals surface area contributed by atoms with Gasteiger partial charge in [-0.1, -0.05) is 0 Å². The summed E-state index contributed by atoms with van der Waals surface area (Å²) in [7, 11) is 0. The fourth-order valence-corrected chi connectivity index (χ4v) is 1.59. The molecule has 2 rings (SSSR count). The highest BCUT2D eigenvalue weighted by atomic mass is 35.5. The first-order chi connectivity index (χ1) is 6.68. The molecule has 1 aromatic rings. The minimum atomic E-state index is -1.18. The molecule has 0 spiro atoms. The summed E-state index contributed by atoms with van der Waals surface area (Å²) in [6.07, 6.45) is 0.741. The minimum Gasteiger partial charge on any atom is -0.477 e. The average Bonchev–Trinajstić information content (AvgIpc) is 2.16. The van der Waals surface area contributed by atoms with Gasteiger partial charge in [-0.05, 0) is 11.6 Å². The Bertz CT molecular complexity index is 441. The third-order valence-electron chi connectivity index (χ3n) is 2.31. The smallest absolute Gasteiger partial charge is 0.341 e. The summed E-state index contributed by atoms with van der Waals surface area (Å²) in [5.41, 5.74) is 1.01. The Hall–Kier alpha value is -1.33. The Kier molecular flexibility index (Phi) is 3.49. The SMILES string of the molecule is Cl.O=C(O)c1cc2c([nH]c1=O)CCNC2. The Morgan fingerprint density at radius 1 is 1.47 bits per heavy atom. The number of carbonyl (C=O) groups is 1. The normalized spacial score (nSPS) is 13.9. The summed E-state index contributed by atoms with van der Waals surface area (Å²) >= 11 is 0. The maximum absolute atomic E-state index is 11.3. The molecule has 2 heterocycles. The standard InChI is InChI=1S/C9H10N2O3.ClH/c12-8-6(9(13)14)3-5-4-10-2-1-7(5)11-8;/h3,10H,1-2,4H2,(H,11,12)(H,13,14);1H. The van der Waals surface area contributed by atoms with Crippen molar-refractivity contribution < 1.29 is 9.90 Å². The van der Waals surface area contributed by atoms with Gasteiger partial charge in [0.15, 0.2) is 0 Å². The van der Waals surface area contributed by atoms with Crippen molar-refractivity contribution in [2.24, 2.45) is 0 Å². The molecule has 0 aromatic carbocycles. The van der Waals surface area contributed by atoms with Gasteiger partial charge in [0.1, 0.15) is 5.56 Å². The number of fused-ring (bicyclic) bond motifs is 1. The van der Waals surface area contributed by atoms with Crippen molar-refractivity contribution in [3.63, 3.8) is 0 Å². The molecule has 0 amide bonds. The molecule has 5 nitrogen and oxygen atoms in total. The first kappa shape index (κ1) is 11.7. The molecule has 82 valence electrons. The second-order valence-electron chi connectivity index (χ2n) is 3.25. The van der Waals surface area contributed by atoms with E-state index in [2.05, 4.69) is 10.3 Å². The minimum absolute atomic E-state index is 0. The van der Waals surface area contributed by atoms with Crippen LogP contribution in [0.2, 0.25) is 0 Å². The van der Waals surface area contributed by atoms with Crippen LogP contribution in [0.1, 0.15) is 21.6 Å². The summed E-state index contributed by atoms with van der Waals surface area (Å²) in [4.78, 5) is 24.5. The third kappa shape index (κ3) is 2.19. The van der Waals surface area contributed by atoms with Crippen molar-refractivity contribution in [1.82, 2.24) is 10.3 Å². The monoisotopic (exact) mass is 230 g/mol. The molecular formula is C9H11ClN2O3. The van der Waals surface area contributed by atoms with E-state index in [1.54, 1.807) is 0 Å². The van der Waals surface area contributed by atoms with Crippen LogP contribution < -0.4 is 10.9 Å². The van der Waals surface area contributed by atoms with E-state index in [1.165, 1.54) is 6.07 Å². The number of hydrogen-bond donors (Lipinski definition) is 3. The zero-order valence-electron chi connectivity index (χ0n) is 7.87. The molecule has 0 atom stereocenters. The van der Waals surface area contributed by atoms with E-state index in [-0.39, 0.29) is 18.0 Å². The number of carboxylic acids is 1. The lowest BCUT2D eigenvalue weighted by Gasteiger charge is -2.16. The van der Waals surface area contributed by atoms with Gasteiger partial charge in [0.25, 0.3) is 5.56 Å². The van der Waals surface area contributed by atoms with Crippen molar-refractivity contribution in [2.45, 2.75) is 13.0 Å². The molecule has 0 saturated carbocycles. The number of aromatic amines is 1. The first-order valence-corrected chi connectivity index (χ1v) is 4.37. The topological polar surface area (TPSA) is 82.2 Å². The van der Waals surface area contributed by atoms with E-state index >= 15 is 0 Å². The van der Waals surface area contributed by atoms with E-state index in [0.29, 0.717) is 6.54 Å². The van der Waals surface area contributed by atoms with Crippen LogP contribution in [0, 0.1) is 0 Å². The van der Waals surface area contributed by atoms with Crippen molar-refractivity contribution in [3.05, 3.63) is 33.2 Å². The number of H-pyrrole nitrogens is 1. The van der Waals surface area contributed by atoms with Crippen LogP contribution >= 0.6 is 12.4 Å². The Balaban J connectivity index is 0.00000112. The largest absolute Gasteiger partial charge is 0.477 e. The van der Waals surface area contributed by atoms with Crippen LogP contribution in [0.3, 0.4) is 0 Å². The molecule has 0 fully saturated rings. The highest BCUT2D eigenvalue weighted by Gasteiger charge is 2.15. The van der Waals surface area contributed by atoms with Gasteiger partial charge < -0.3 is 15.4 Å². The van der Waals surface area contributed by atoms with Crippen LogP contribution in [0.4, 0.5) is 0 Å². The number of nitrogens with one attached hydrogen (secondary N) is 2. The second-order valence-corrected chi connectivity index (χ2v) is 3.25. The molecular weight excluding hydrogens is 220 g/mol. The number of aromatic nitrogens is 1. The quantitative estimate of drug-likeness (QED) is 0.641. The van der Waals surface area contributed by atoms with Gasteiger partial charge in [-0.2, -0.15) is 0 Å². The molecule has 1 aromatic heterocycles. The molecule has 3 N–H and O–H groups in total. The number of halogens is 1.